The van der Waals surface area contributed by atoms with Gasteiger partial charge in [-0.2, -0.15) is 0 Å². The maximum Gasteiger partial charge on any atom is 0.227 e. The van der Waals surface area contributed by atoms with Crippen molar-refractivity contribution in [3.8, 4) is 56.2 Å². The van der Waals surface area contributed by atoms with Crippen LogP contribution in [0.15, 0.2) is 144 Å². The van der Waals surface area contributed by atoms with E-state index >= 15 is 0 Å². The summed E-state index contributed by atoms with van der Waals surface area (Å²) < 4.78 is 9.74. The molecule has 4 aromatic heterocycles. The van der Waals surface area contributed by atoms with Crippen molar-refractivity contribution in [2.24, 2.45) is 0 Å². The van der Waals surface area contributed by atoms with Gasteiger partial charge in [-0.25, -0.2) is 24.9 Å². The largest absolute Gasteiger partial charge is 0.436 e. The third-order valence-corrected chi connectivity index (χ3v) is 10.8. The summed E-state index contributed by atoms with van der Waals surface area (Å²) in [6, 6.07) is 47.1. The summed E-state index contributed by atoms with van der Waals surface area (Å²) in [7, 11) is 0. The highest BCUT2D eigenvalue weighted by Crippen LogP contribution is 2.44. The Kier molecular flexibility index (Phi) is 6.43. The van der Waals surface area contributed by atoms with Gasteiger partial charge in [-0.3, -0.25) is 0 Å². The number of oxazole rings is 1. The topological polar surface area (TPSA) is 77.6 Å². The van der Waals surface area contributed by atoms with Crippen molar-refractivity contribution in [1.82, 2.24) is 24.9 Å². The van der Waals surface area contributed by atoms with E-state index in [1.165, 1.54) is 4.70 Å². The van der Waals surface area contributed by atoms with Crippen LogP contribution in [0.4, 0.5) is 0 Å². The number of rotatable bonds is 5. The standard InChI is InChI=1S/C41H23N5OS2/c1-2-10-24(11-3-1)37-44-38(25-20-22-26(23-21-25)41-43-30-15-5-7-17-32(30)49-41)46-39(45-37)27-12-8-18-33-35(27)36-28(13-9-19-34(36)48-33)40-42-29-14-4-6-16-31(29)47-40/h1-23H. The molecule has 6 aromatic carbocycles. The van der Waals surface area contributed by atoms with E-state index in [2.05, 4.69) is 72.8 Å². The lowest BCUT2D eigenvalue weighted by Crippen LogP contribution is -2.00. The lowest BCUT2D eigenvalue weighted by atomic mass is 10.0. The number of benzene rings is 6. The first-order chi connectivity index (χ1) is 24.2. The van der Waals surface area contributed by atoms with Crippen LogP contribution in [-0.4, -0.2) is 24.9 Å². The molecular formula is C41H23N5OS2. The van der Waals surface area contributed by atoms with Gasteiger partial charge in [-0.05, 0) is 42.5 Å². The van der Waals surface area contributed by atoms with Gasteiger partial charge in [0, 0.05) is 48.0 Å². The minimum absolute atomic E-state index is 0.593. The van der Waals surface area contributed by atoms with Crippen molar-refractivity contribution in [1.29, 1.82) is 0 Å². The summed E-state index contributed by atoms with van der Waals surface area (Å²) in [5.41, 5.74) is 7.36. The number of nitrogens with zero attached hydrogens (tertiary/aromatic N) is 5. The van der Waals surface area contributed by atoms with Gasteiger partial charge in [0.25, 0.3) is 0 Å². The minimum Gasteiger partial charge on any atom is -0.436 e. The summed E-state index contributed by atoms with van der Waals surface area (Å²) in [6.45, 7) is 0. The first kappa shape index (κ1) is 28.0. The molecule has 6 nitrogen and oxygen atoms in total. The molecule has 0 N–H and O–H groups in total. The summed E-state index contributed by atoms with van der Waals surface area (Å²) in [5, 5.41) is 3.13. The quantitative estimate of drug-likeness (QED) is 0.182. The molecule has 0 aliphatic rings. The van der Waals surface area contributed by atoms with Crippen molar-refractivity contribution in [3.63, 3.8) is 0 Å². The maximum absolute atomic E-state index is 6.29. The Hall–Kier alpha value is -6.09. The Morgan fingerprint density at radius 3 is 1.73 bits per heavy atom. The highest BCUT2D eigenvalue weighted by molar-refractivity contribution is 7.26. The van der Waals surface area contributed by atoms with Gasteiger partial charge in [0.15, 0.2) is 23.1 Å². The number of hydrogen-bond acceptors (Lipinski definition) is 8. The first-order valence-electron chi connectivity index (χ1n) is 15.8. The van der Waals surface area contributed by atoms with E-state index in [4.69, 9.17) is 29.3 Å². The maximum atomic E-state index is 6.29. The number of thiophene rings is 1. The molecule has 0 aliphatic heterocycles. The van der Waals surface area contributed by atoms with Gasteiger partial charge in [-0.15, -0.1) is 22.7 Å². The smallest absolute Gasteiger partial charge is 0.227 e. The number of aromatic nitrogens is 5. The number of hydrogen-bond donors (Lipinski definition) is 0. The monoisotopic (exact) mass is 665 g/mol. The van der Waals surface area contributed by atoms with Crippen molar-refractivity contribution < 1.29 is 4.42 Å². The molecule has 0 aliphatic carbocycles. The Balaban J connectivity index is 1.16. The summed E-state index contributed by atoms with van der Waals surface area (Å²) in [6.07, 6.45) is 0. The number of fused-ring (bicyclic) bond motifs is 5. The second-order valence-corrected chi connectivity index (χ2v) is 13.8. The van der Waals surface area contributed by atoms with E-state index in [0.29, 0.717) is 23.4 Å². The van der Waals surface area contributed by atoms with Crippen LogP contribution in [0.3, 0.4) is 0 Å². The predicted octanol–water partition coefficient (Wildman–Crippen LogP) is 11.3. The number of para-hydroxylation sites is 3. The highest BCUT2D eigenvalue weighted by atomic mass is 32.1. The minimum atomic E-state index is 0.593. The Bertz CT molecular complexity index is 2770. The van der Waals surface area contributed by atoms with Crippen LogP contribution in [-0.2, 0) is 0 Å². The third kappa shape index (κ3) is 4.80. The average molecular weight is 666 g/mol. The van der Waals surface area contributed by atoms with Gasteiger partial charge in [0.2, 0.25) is 5.89 Å². The zero-order chi connectivity index (χ0) is 32.3. The van der Waals surface area contributed by atoms with Crippen molar-refractivity contribution in [2.75, 3.05) is 0 Å². The van der Waals surface area contributed by atoms with Crippen LogP contribution in [0.25, 0.3) is 97.7 Å². The molecule has 0 bridgehead atoms. The van der Waals surface area contributed by atoms with Gasteiger partial charge in [0.1, 0.15) is 10.5 Å². The second kappa shape index (κ2) is 11.3. The molecule has 0 fully saturated rings. The molecule has 8 heteroatoms. The van der Waals surface area contributed by atoms with Crippen LogP contribution in [0.5, 0.6) is 0 Å². The fraction of sp³-hybridized carbons (Fsp3) is 0. The summed E-state index contributed by atoms with van der Waals surface area (Å²) in [4.78, 5) is 25.0. The molecule has 49 heavy (non-hydrogen) atoms. The molecule has 230 valence electrons. The van der Waals surface area contributed by atoms with E-state index in [-0.39, 0.29) is 0 Å². The summed E-state index contributed by atoms with van der Waals surface area (Å²) in [5.74, 6) is 2.43. The van der Waals surface area contributed by atoms with Crippen LogP contribution in [0.2, 0.25) is 0 Å². The lowest BCUT2D eigenvalue weighted by molar-refractivity contribution is 0.620. The van der Waals surface area contributed by atoms with Gasteiger partial charge in [0.05, 0.1) is 10.2 Å². The van der Waals surface area contributed by atoms with Gasteiger partial charge >= 0.3 is 0 Å². The fourth-order valence-corrected chi connectivity index (χ4v) is 8.45. The van der Waals surface area contributed by atoms with E-state index in [9.17, 15) is 0 Å². The highest BCUT2D eigenvalue weighted by Gasteiger charge is 2.21. The van der Waals surface area contributed by atoms with E-state index < -0.39 is 0 Å². The zero-order valence-electron chi connectivity index (χ0n) is 25.7. The molecule has 0 unspecified atom stereocenters. The predicted molar refractivity (Wildman–Crippen MR) is 201 cm³/mol. The molecule has 10 rings (SSSR count). The first-order valence-corrected chi connectivity index (χ1v) is 17.5. The second-order valence-electron chi connectivity index (χ2n) is 11.7. The van der Waals surface area contributed by atoms with Crippen molar-refractivity contribution in [3.05, 3.63) is 140 Å². The summed E-state index contributed by atoms with van der Waals surface area (Å²) >= 11 is 3.43. The Labute approximate surface area is 288 Å². The Morgan fingerprint density at radius 1 is 0.388 bits per heavy atom. The van der Waals surface area contributed by atoms with Crippen LogP contribution in [0.1, 0.15) is 0 Å². The molecule has 4 heterocycles. The third-order valence-electron chi connectivity index (χ3n) is 8.64. The van der Waals surface area contributed by atoms with Gasteiger partial charge in [-0.1, -0.05) is 97.1 Å². The van der Waals surface area contributed by atoms with Gasteiger partial charge < -0.3 is 4.42 Å². The van der Waals surface area contributed by atoms with E-state index in [1.807, 2.05) is 66.7 Å². The molecule has 0 radical (unpaired) electrons. The molecule has 0 atom stereocenters. The van der Waals surface area contributed by atoms with Crippen LogP contribution in [0, 0.1) is 0 Å². The van der Waals surface area contributed by atoms with E-state index in [1.54, 1.807) is 22.7 Å². The zero-order valence-corrected chi connectivity index (χ0v) is 27.4. The van der Waals surface area contributed by atoms with Crippen LogP contribution >= 0.6 is 22.7 Å². The van der Waals surface area contributed by atoms with Crippen molar-refractivity contribution in [2.45, 2.75) is 0 Å². The fourth-order valence-electron chi connectivity index (χ4n) is 6.32. The molecule has 10 aromatic rings. The van der Waals surface area contributed by atoms with Crippen LogP contribution < -0.4 is 0 Å². The van der Waals surface area contributed by atoms with E-state index in [0.717, 1.165) is 69.6 Å². The SMILES string of the molecule is c1ccc(-c2nc(-c3ccc(-c4nc5ccccc5s4)cc3)nc(-c3cccc4sc5cccc(-c6nc7ccccc7o6)c5c34)n2)cc1. The normalized spacial score (nSPS) is 11.7. The lowest BCUT2D eigenvalue weighted by Gasteiger charge is -2.10. The molecule has 0 saturated heterocycles. The average Bonchev–Trinajstić information content (AvgIpc) is 3.90. The molecular weight excluding hydrogens is 643 g/mol. The molecule has 0 saturated carbocycles. The van der Waals surface area contributed by atoms with Crippen molar-refractivity contribution >= 4 is 64.2 Å². The molecule has 0 spiro atoms. The Morgan fingerprint density at radius 2 is 0.980 bits per heavy atom. The molecule has 0 amide bonds. The number of thiazole rings is 1.